The molecule has 160 valence electrons. The summed E-state index contributed by atoms with van der Waals surface area (Å²) >= 11 is 1.19. The molecule has 1 aliphatic heterocycles. The van der Waals surface area contributed by atoms with Gasteiger partial charge in [-0.3, -0.25) is 19.4 Å². The van der Waals surface area contributed by atoms with Crippen LogP contribution in [0, 0.1) is 0 Å². The van der Waals surface area contributed by atoms with Gasteiger partial charge in [-0.15, -0.1) is 24.5 Å². The van der Waals surface area contributed by atoms with Crippen molar-refractivity contribution in [3.63, 3.8) is 0 Å². The molecule has 30 heavy (non-hydrogen) atoms. The van der Waals surface area contributed by atoms with Crippen molar-refractivity contribution in [3.05, 3.63) is 40.9 Å². The summed E-state index contributed by atoms with van der Waals surface area (Å²) in [6, 6.07) is 4.05. The normalized spacial score (nSPS) is 19.1. The first-order chi connectivity index (χ1) is 13.9. The van der Waals surface area contributed by atoms with Crippen molar-refractivity contribution in [1.82, 2.24) is 15.2 Å². The summed E-state index contributed by atoms with van der Waals surface area (Å²) < 4.78 is 40.8. The van der Waals surface area contributed by atoms with E-state index in [1.165, 1.54) is 42.2 Å². The number of anilines is 1. The molecule has 0 bridgehead atoms. The SMILES string of the molecule is CC(=O)N(C)c1nc(CN2C(=O)NC(C)(c3ccc(OC(F)(F)F)cc3)C2=O)cs1. The van der Waals surface area contributed by atoms with Gasteiger partial charge in [-0.25, -0.2) is 9.78 Å². The first-order valence-electron chi connectivity index (χ1n) is 8.60. The van der Waals surface area contributed by atoms with Crippen LogP contribution in [0.25, 0.3) is 0 Å². The van der Waals surface area contributed by atoms with E-state index in [1.54, 1.807) is 12.4 Å². The summed E-state index contributed by atoms with van der Waals surface area (Å²) in [5.41, 5.74) is -0.735. The lowest BCUT2D eigenvalue weighted by Crippen LogP contribution is -2.40. The number of alkyl halides is 3. The van der Waals surface area contributed by atoms with Gasteiger partial charge >= 0.3 is 12.4 Å². The van der Waals surface area contributed by atoms with E-state index < -0.39 is 29.6 Å². The van der Waals surface area contributed by atoms with Crippen LogP contribution in [0.2, 0.25) is 0 Å². The van der Waals surface area contributed by atoms with Gasteiger partial charge < -0.3 is 10.1 Å². The number of carbonyl (C=O) groups is 3. The predicted octanol–water partition coefficient (Wildman–Crippen LogP) is 2.99. The Kier molecular flexibility index (Phi) is 5.46. The van der Waals surface area contributed by atoms with E-state index in [9.17, 15) is 27.6 Å². The fourth-order valence-corrected chi connectivity index (χ4v) is 3.67. The molecule has 1 aromatic heterocycles. The largest absolute Gasteiger partial charge is 0.573 e. The first kappa shape index (κ1) is 21.6. The molecule has 2 aromatic rings. The molecule has 2 heterocycles. The van der Waals surface area contributed by atoms with E-state index >= 15 is 0 Å². The Morgan fingerprint density at radius 1 is 1.30 bits per heavy atom. The fourth-order valence-electron chi connectivity index (χ4n) is 2.85. The number of nitrogens with one attached hydrogen (secondary N) is 1. The van der Waals surface area contributed by atoms with Crippen molar-refractivity contribution in [3.8, 4) is 5.75 Å². The van der Waals surface area contributed by atoms with E-state index in [0.717, 1.165) is 17.0 Å². The summed E-state index contributed by atoms with van der Waals surface area (Å²) in [5.74, 6) is -1.23. The van der Waals surface area contributed by atoms with Crippen LogP contribution in [0.15, 0.2) is 29.6 Å². The Bertz CT molecular complexity index is 992. The van der Waals surface area contributed by atoms with Gasteiger partial charge in [0.05, 0.1) is 12.2 Å². The number of hydrogen-bond donors (Lipinski definition) is 1. The summed E-state index contributed by atoms with van der Waals surface area (Å²) in [6.45, 7) is 2.73. The molecule has 8 nitrogen and oxygen atoms in total. The molecular weight excluding hydrogens is 425 g/mol. The van der Waals surface area contributed by atoms with Gasteiger partial charge in [0, 0.05) is 19.4 Å². The fraction of sp³-hybridized carbons (Fsp3) is 0.333. The van der Waals surface area contributed by atoms with Gasteiger partial charge in [-0.1, -0.05) is 12.1 Å². The highest BCUT2D eigenvalue weighted by molar-refractivity contribution is 7.14. The monoisotopic (exact) mass is 442 g/mol. The Hall–Kier alpha value is -3.15. The number of imide groups is 1. The second-order valence-corrected chi connectivity index (χ2v) is 7.55. The number of ether oxygens (including phenoxy) is 1. The van der Waals surface area contributed by atoms with Gasteiger partial charge in [0.2, 0.25) is 5.91 Å². The third-order valence-corrected chi connectivity index (χ3v) is 5.53. The molecule has 12 heteroatoms. The van der Waals surface area contributed by atoms with Gasteiger partial charge in [-0.2, -0.15) is 0 Å². The van der Waals surface area contributed by atoms with Crippen LogP contribution < -0.4 is 15.0 Å². The maximum Gasteiger partial charge on any atom is 0.573 e. The molecule has 0 spiro atoms. The smallest absolute Gasteiger partial charge is 0.406 e. The number of urea groups is 1. The standard InChI is InChI=1S/C18H17F3N4O4S/c1-10(26)24(3)16-22-12(9-30-16)8-25-14(27)17(2,23-15(25)28)11-4-6-13(7-5-11)29-18(19,20)21/h4-7,9H,8H2,1-3H3,(H,23,28). The number of aromatic nitrogens is 1. The number of hydrogen-bond acceptors (Lipinski definition) is 6. The molecule has 1 N–H and O–H groups in total. The first-order valence-corrected chi connectivity index (χ1v) is 9.48. The number of halogens is 3. The third kappa shape index (κ3) is 4.22. The van der Waals surface area contributed by atoms with Gasteiger partial charge in [0.1, 0.15) is 11.3 Å². The maximum absolute atomic E-state index is 12.9. The summed E-state index contributed by atoms with van der Waals surface area (Å²) in [4.78, 5) is 43.4. The van der Waals surface area contributed by atoms with Crippen LogP contribution in [-0.2, 0) is 21.7 Å². The number of carbonyl (C=O) groups excluding carboxylic acids is 3. The predicted molar refractivity (Wildman–Crippen MR) is 101 cm³/mol. The lowest BCUT2D eigenvalue weighted by atomic mass is 9.92. The minimum atomic E-state index is -4.83. The average molecular weight is 442 g/mol. The molecule has 1 fully saturated rings. The van der Waals surface area contributed by atoms with Crippen molar-refractivity contribution >= 4 is 34.3 Å². The number of amides is 4. The average Bonchev–Trinajstić information content (AvgIpc) is 3.19. The molecule has 0 radical (unpaired) electrons. The third-order valence-electron chi connectivity index (χ3n) is 4.56. The van der Waals surface area contributed by atoms with Crippen LogP contribution in [-0.4, -0.2) is 41.1 Å². The zero-order chi connectivity index (χ0) is 22.3. The molecule has 0 aliphatic carbocycles. The molecular formula is C18H17F3N4O4S. The van der Waals surface area contributed by atoms with Gasteiger partial charge in [0.15, 0.2) is 5.13 Å². The lowest BCUT2D eigenvalue weighted by Gasteiger charge is -2.22. The molecule has 1 aromatic carbocycles. The highest BCUT2D eigenvalue weighted by atomic mass is 32.1. The van der Waals surface area contributed by atoms with Crippen molar-refractivity contribution < 1.29 is 32.3 Å². The van der Waals surface area contributed by atoms with Gasteiger partial charge in [0.25, 0.3) is 5.91 Å². The van der Waals surface area contributed by atoms with E-state index in [-0.39, 0.29) is 12.5 Å². The molecule has 0 saturated carbocycles. The molecule has 1 saturated heterocycles. The zero-order valence-electron chi connectivity index (χ0n) is 16.1. The van der Waals surface area contributed by atoms with E-state index in [4.69, 9.17) is 0 Å². The number of rotatable bonds is 5. The second kappa shape index (κ2) is 7.59. The van der Waals surface area contributed by atoms with Crippen molar-refractivity contribution in [2.45, 2.75) is 32.3 Å². The highest BCUT2D eigenvalue weighted by Crippen LogP contribution is 2.32. The summed E-state index contributed by atoms with van der Waals surface area (Å²) in [5, 5.41) is 4.62. The summed E-state index contributed by atoms with van der Waals surface area (Å²) in [7, 11) is 1.56. The number of benzene rings is 1. The highest BCUT2D eigenvalue weighted by Gasteiger charge is 2.49. The molecule has 1 atom stereocenters. The van der Waals surface area contributed by atoms with Crippen LogP contribution in [0.1, 0.15) is 25.1 Å². The quantitative estimate of drug-likeness (QED) is 0.719. The maximum atomic E-state index is 12.9. The van der Waals surface area contributed by atoms with Crippen LogP contribution in [0.3, 0.4) is 0 Å². The van der Waals surface area contributed by atoms with Crippen LogP contribution in [0.5, 0.6) is 5.75 Å². The number of nitrogens with zero attached hydrogens (tertiary/aromatic N) is 3. The molecule has 1 aliphatic rings. The zero-order valence-corrected chi connectivity index (χ0v) is 16.9. The summed E-state index contributed by atoms with van der Waals surface area (Å²) in [6.07, 6.45) is -4.83. The minimum Gasteiger partial charge on any atom is -0.406 e. The van der Waals surface area contributed by atoms with E-state index in [1.807, 2.05) is 0 Å². The van der Waals surface area contributed by atoms with Crippen molar-refractivity contribution in [1.29, 1.82) is 0 Å². The van der Waals surface area contributed by atoms with Crippen molar-refractivity contribution in [2.75, 3.05) is 11.9 Å². The van der Waals surface area contributed by atoms with Crippen LogP contribution in [0.4, 0.5) is 23.1 Å². The minimum absolute atomic E-state index is 0.113. The molecule has 4 amide bonds. The second-order valence-electron chi connectivity index (χ2n) is 6.72. The van der Waals surface area contributed by atoms with E-state index in [2.05, 4.69) is 15.0 Å². The van der Waals surface area contributed by atoms with Crippen LogP contribution >= 0.6 is 11.3 Å². The number of thiazole rings is 1. The van der Waals surface area contributed by atoms with Crippen molar-refractivity contribution in [2.24, 2.45) is 0 Å². The van der Waals surface area contributed by atoms with E-state index in [0.29, 0.717) is 16.4 Å². The Labute approximate surface area is 173 Å². The molecule has 1 unspecified atom stereocenters. The Balaban J connectivity index is 1.77. The Morgan fingerprint density at radius 2 is 1.93 bits per heavy atom. The lowest BCUT2D eigenvalue weighted by molar-refractivity contribution is -0.274. The molecule has 3 rings (SSSR count). The topological polar surface area (TPSA) is 91.8 Å². The Morgan fingerprint density at radius 3 is 2.50 bits per heavy atom. The van der Waals surface area contributed by atoms with Gasteiger partial charge in [-0.05, 0) is 24.6 Å².